The molecule has 0 bridgehead atoms. The first kappa shape index (κ1) is 22.0. The maximum Gasteiger partial charge on any atom is 0.223 e. The van der Waals surface area contributed by atoms with Crippen molar-refractivity contribution in [3.8, 4) is 0 Å². The van der Waals surface area contributed by atoms with E-state index < -0.39 is 0 Å². The highest BCUT2D eigenvalue weighted by molar-refractivity contribution is 5.81. The summed E-state index contributed by atoms with van der Waals surface area (Å²) in [6.07, 6.45) is 12.2. The van der Waals surface area contributed by atoms with E-state index in [1.807, 2.05) is 13.8 Å². The number of amides is 1. The minimum absolute atomic E-state index is 0.107. The van der Waals surface area contributed by atoms with E-state index in [1.54, 1.807) is 7.05 Å². The Morgan fingerprint density at radius 1 is 1.07 bits per heavy atom. The maximum absolute atomic E-state index is 12.3. The molecule has 0 aromatic rings. The molecule has 2 aliphatic rings. The van der Waals surface area contributed by atoms with Crippen LogP contribution in [0.3, 0.4) is 0 Å². The minimum Gasteiger partial charge on any atom is -0.376 e. The summed E-state index contributed by atoms with van der Waals surface area (Å²) < 4.78 is 6.04. The second-order valence-corrected chi connectivity index (χ2v) is 8.35. The largest absolute Gasteiger partial charge is 0.376 e. The molecule has 6 heteroatoms. The number of nitrogens with zero attached hydrogens (tertiary/aromatic N) is 1. The van der Waals surface area contributed by atoms with Gasteiger partial charge in [-0.3, -0.25) is 9.79 Å². The lowest BCUT2D eigenvalue weighted by Gasteiger charge is -2.30. The van der Waals surface area contributed by atoms with Crippen molar-refractivity contribution in [1.82, 2.24) is 16.0 Å². The smallest absolute Gasteiger partial charge is 0.223 e. The molecule has 2 aliphatic carbocycles. The van der Waals surface area contributed by atoms with Gasteiger partial charge in [-0.25, -0.2) is 0 Å². The van der Waals surface area contributed by atoms with Crippen LogP contribution in [0.1, 0.15) is 78.1 Å². The summed E-state index contributed by atoms with van der Waals surface area (Å²) in [5.74, 6) is 1.11. The first-order chi connectivity index (χ1) is 13.1. The lowest BCUT2D eigenvalue weighted by molar-refractivity contribution is -0.126. The van der Waals surface area contributed by atoms with E-state index in [0.717, 1.165) is 44.8 Å². The number of rotatable bonds is 7. The Balaban J connectivity index is 1.67. The molecule has 1 amide bonds. The van der Waals surface area contributed by atoms with Gasteiger partial charge in [0, 0.05) is 31.6 Å². The van der Waals surface area contributed by atoms with Gasteiger partial charge < -0.3 is 20.7 Å². The number of aliphatic imine (C=N–C) groups is 1. The van der Waals surface area contributed by atoms with Crippen LogP contribution in [0.4, 0.5) is 0 Å². The first-order valence-corrected chi connectivity index (χ1v) is 11.0. The molecule has 2 fully saturated rings. The lowest BCUT2D eigenvalue weighted by atomic mass is 9.85. The molecule has 0 radical (unpaired) electrons. The number of hydrogen-bond donors (Lipinski definition) is 3. The predicted molar refractivity (Wildman–Crippen MR) is 111 cm³/mol. The molecule has 0 saturated heterocycles. The van der Waals surface area contributed by atoms with Crippen LogP contribution in [0, 0.1) is 5.92 Å². The van der Waals surface area contributed by atoms with Gasteiger partial charge in [0.05, 0.1) is 12.7 Å². The molecule has 6 nitrogen and oxygen atoms in total. The first-order valence-electron chi connectivity index (χ1n) is 11.0. The molecular formula is C21H40N4O2. The van der Waals surface area contributed by atoms with E-state index >= 15 is 0 Å². The Morgan fingerprint density at radius 3 is 2.48 bits per heavy atom. The molecule has 3 N–H and O–H groups in total. The van der Waals surface area contributed by atoms with Crippen LogP contribution in [-0.4, -0.2) is 50.3 Å². The van der Waals surface area contributed by atoms with E-state index in [-0.39, 0.29) is 17.9 Å². The summed E-state index contributed by atoms with van der Waals surface area (Å²) in [6.45, 7) is 5.51. The normalized spacial score (nSPS) is 25.1. The fourth-order valence-electron chi connectivity index (χ4n) is 4.15. The van der Waals surface area contributed by atoms with Gasteiger partial charge in [-0.05, 0) is 46.0 Å². The summed E-state index contributed by atoms with van der Waals surface area (Å²) in [7, 11) is 1.80. The molecule has 0 aromatic heterocycles. The van der Waals surface area contributed by atoms with E-state index in [0.29, 0.717) is 12.1 Å². The number of carbonyl (C=O) groups excluding carboxylic acids is 1. The van der Waals surface area contributed by atoms with Crippen molar-refractivity contribution >= 4 is 11.9 Å². The van der Waals surface area contributed by atoms with E-state index in [1.165, 1.54) is 38.5 Å². The Labute approximate surface area is 165 Å². The molecule has 2 unspecified atom stereocenters. The standard InChI is InChI=1S/C21H40N4O2/c1-16(2)24-20(26)17-9-8-10-18(15-17)25-21(22-3)23-13-14-27-19-11-6-4-5-7-12-19/h16-19H,4-15H2,1-3H3,(H,24,26)(H2,22,23,25). The molecule has 2 rings (SSSR count). The zero-order chi connectivity index (χ0) is 19.5. The van der Waals surface area contributed by atoms with Crippen molar-refractivity contribution in [3.05, 3.63) is 0 Å². The Bertz CT molecular complexity index is 459. The van der Waals surface area contributed by atoms with Gasteiger partial charge in [0.2, 0.25) is 5.91 Å². The fourth-order valence-corrected chi connectivity index (χ4v) is 4.15. The summed E-state index contributed by atoms with van der Waals surface area (Å²) in [6, 6.07) is 0.504. The fraction of sp³-hybridized carbons (Fsp3) is 0.905. The van der Waals surface area contributed by atoms with E-state index in [9.17, 15) is 4.79 Å². The summed E-state index contributed by atoms with van der Waals surface area (Å²) in [4.78, 5) is 16.6. The zero-order valence-electron chi connectivity index (χ0n) is 17.6. The average molecular weight is 381 g/mol. The topological polar surface area (TPSA) is 74.8 Å². The van der Waals surface area contributed by atoms with E-state index in [2.05, 4.69) is 20.9 Å². The van der Waals surface area contributed by atoms with Crippen LogP contribution in [0.25, 0.3) is 0 Å². The summed E-state index contributed by atoms with van der Waals surface area (Å²) in [5.41, 5.74) is 0. The molecule has 27 heavy (non-hydrogen) atoms. The van der Waals surface area contributed by atoms with Gasteiger partial charge in [0.15, 0.2) is 5.96 Å². The Kier molecular flexibility index (Phi) is 9.95. The minimum atomic E-state index is 0.107. The van der Waals surface area contributed by atoms with Gasteiger partial charge in [-0.15, -0.1) is 0 Å². The molecule has 2 saturated carbocycles. The molecule has 156 valence electrons. The van der Waals surface area contributed by atoms with Crippen molar-refractivity contribution in [1.29, 1.82) is 0 Å². The number of ether oxygens (including phenoxy) is 1. The van der Waals surface area contributed by atoms with Crippen molar-refractivity contribution in [2.45, 2.75) is 96.2 Å². The summed E-state index contributed by atoms with van der Waals surface area (Å²) >= 11 is 0. The third-order valence-electron chi connectivity index (χ3n) is 5.59. The molecule has 0 heterocycles. The van der Waals surface area contributed by atoms with Crippen LogP contribution >= 0.6 is 0 Å². The number of guanidine groups is 1. The SMILES string of the molecule is CN=C(NCCOC1CCCCCC1)NC1CCCC(C(=O)NC(C)C)C1. The van der Waals surface area contributed by atoms with Crippen LogP contribution in [0.5, 0.6) is 0 Å². The zero-order valence-corrected chi connectivity index (χ0v) is 17.6. The number of hydrogen-bond acceptors (Lipinski definition) is 3. The van der Waals surface area contributed by atoms with Gasteiger partial charge in [0.25, 0.3) is 0 Å². The number of nitrogens with one attached hydrogen (secondary N) is 3. The third kappa shape index (κ3) is 8.50. The molecule has 0 aromatic carbocycles. The average Bonchev–Trinajstić information content (AvgIpc) is 2.92. The second-order valence-electron chi connectivity index (χ2n) is 8.35. The Morgan fingerprint density at radius 2 is 1.81 bits per heavy atom. The van der Waals surface area contributed by atoms with Crippen LogP contribution < -0.4 is 16.0 Å². The van der Waals surface area contributed by atoms with Crippen molar-refractivity contribution in [2.24, 2.45) is 10.9 Å². The van der Waals surface area contributed by atoms with Crippen molar-refractivity contribution in [3.63, 3.8) is 0 Å². The highest BCUT2D eigenvalue weighted by Crippen LogP contribution is 2.24. The monoisotopic (exact) mass is 380 g/mol. The molecule has 0 spiro atoms. The lowest BCUT2D eigenvalue weighted by Crippen LogP contribution is -2.48. The van der Waals surface area contributed by atoms with Crippen molar-refractivity contribution in [2.75, 3.05) is 20.2 Å². The number of carbonyl (C=O) groups is 1. The predicted octanol–water partition coefficient (Wildman–Crippen LogP) is 2.97. The molecular weight excluding hydrogens is 340 g/mol. The third-order valence-corrected chi connectivity index (χ3v) is 5.59. The van der Waals surface area contributed by atoms with Crippen LogP contribution in [-0.2, 0) is 9.53 Å². The highest BCUT2D eigenvalue weighted by atomic mass is 16.5. The van der Waals surface area contributed by atoms with Gasteiger partial charge in [0.1, 0.15) is 0 Å². The highest BCUT2D eigenvalue weighted by Gasteiger charge is 2.28. The van der Waals surface area contributed by atoms with E-state index in [4.69, 9.17) is 4.74 Å². The maximum atomic E-state index is 12.3. The van der Waals surface area contributed by atoms with Gasteiger partial charge in [-0.2, -0.15) is 0 Å². The van der Waals surface area contributed by atoms with Crippen LogP contribution in [0.2, 0.25) is 0 Å². The molecule has 0 aliphatic heterocycles. The van der Waals surface area contributed by atoms with Gasteiger partial charge >= 0.3 is 0 Å². The van der Waals surface area contributed by atoms with Gasteiger partial charge in [-0.1, -0.05) is 32.1 Å². The molecule has 2 atom stereocenters. The van der Waals surface area contributed by atoms with Crippen LogP contribution in [0.15, 0.2) is 4.99 Å². The second kappa shape index (κ2) is 12.2. The van der Waals surface area contributed by atoms with Crippen molar-refractivity contribution < 1.29 is 9.53 Å². The quantitative estimate of drug-likeness (QED) is 0.275. The Hall–Kier alpha value is -1.30. The summed E-state index contributed by atoms with van der Waals surface area (Å²) in [5, 5.41) is 9.91.